The Kier molecular flexibility index (Phi) is 4.93. The molecule has 1 N–H and O–H groups in total. The second-order valence-electron chi connectivity index (χ2n) is 4.57. The van der Waals surface area contributed by atoms with Crippen molar-refractivity contribution in [2.24, 2.45) is 0 Å². The van der Waals surface area contributed by atoms with E-state index in [1.807, 2.05) is 30.3 Å². The molecule has 0 amide bonds. The van der Waals surface area contributed by atoms with E-state index >= 15 is 0 Å². The summed E-state index contributed by atoms with van der Waals surface area (Å²) in [6.45, 7) is 1.65. The standard InChI is InChI=1S/C15H19NOS/c1-16(9-7-13-8-10-18-12-13)11-15(17)14-5-3-2-4-6-14/h2-6,8,10,12,15,17H,7,9,11H2,1H3. The van der Waals surface area contributed by atoms with Crippen molar-refractivity contribution in [1.29, 1.82) is 0 Å². The molecule has 3 heteroatoms. The average molecular weight is 261 g/mol. The lowest BCUT2D eigenvalue weighted by atomic mass is 10.1. The van der Waals surface area contributed by atoms with Crippen LogP contribution in [0.4, 0.5) is 0 Å². The van der Waals surface area contributed by atoms with Crippen molar-refractivity contribution in [3.63, 3.8) is 0 Å². The van der Waals surface area contributed by atoms with Crippen molar-refractivity contribution in [2.75, 3.05) is 20.1 Å². The van der Waals surface area contributed by atoms with Gasteiger partial charge in [-0.05, 0) is 41.4 Å². The molecule has 18 heavy (non-hydrogen) atoms. The predicted molar refractivity (Wildman–Crippen MR) is 76.9 cm³/mol. The van der Waals surface area contributed by atoms with Crippen LogP contribution in [0.25, 0.3) is 0 Å². The number of nitrogens with zero attached hydrogens (tertiary/aromatic N) is 1. The third-order valence-corrected chi connectivity index (χ3v) is 3.76. The molecule has 0 fully saturated rings. The Morgan fingerprint density at radius 3 is 2.67 bits per heavy atom. The zero-order valence-electron chi connectivity index (χ0n) is 10.6. The first-order valence-corrected chi connectivity index (χ1v) is 7.12. The fourth-order valence-electron chi connectivity index (χ4n) is 1.92. The first-order chi connectivity index (χ1) is 8.75. The van der Waals surface area contributed by atoms with Gasteiger partial charge in [0.15, 0.2) is 0 Å². The molecule has 0 aliphatic rings. The molecule has 0 aliphatic carbocycles. The minimum Gasteiger partial charge on any atom is -0.387 e. The lowest BCUT2D eigenvalue weighted by Gasteiger charge is -2.20. The molecule has 1 heterocycles. The maximum Gasteiger partial charge on any atom is 0.0916 e. The SMILES string of the molecule is CN(CCc1ccsc1)CC(O)c1ccccc1. The summed E-state index contributed by atoms with van der Waals surface area (Å²) in [5, 5.41) is 14.4. The maximum absolute atomic E-state index is 10.1. The van der Waals surface area contributed by atoms with Crippen LogP contribution in [-0.2, 0) is 6.42 Å². The van der Waals surface area contributed by atoms with Gasteiger partial charge in [0.1, 0.15) is 0 Å². The molecular formula is C15H19NOS. The van der Waals surface area contributed by atoms with Crippen LogP contribution in [0.1, 0.15) is 17.2 Å². The minimum atomic E-state index is -0.404. The van der Waals surface area contributed by atoms with Gasteiger partial charge in [0.2, 0.25) is 0 Å². The van der Waals surface area contributed by atoms with Crippen LogP contribution in [0.5, 0.6) is 0 Å². The van der Waals surface area contributed by atoms with Crippen LogP contribution in [0.15, 0.2) is 47.2 Å². The molecule has 1 atom stereocenters. The molecule has 1 aromatic carbocycles. The van der Waals surface area contributed by atoms with E-state index in [1.54, 1.807) is 11.3 Å². The monoisotopic (exact) mass is 261 g/mol. The third kappa shape index (κ3) is 3.95. The van der Waals surface area contributed by atoms with Crippen molar-refractivity contribution in [3.05, 3.63) is 58.3 Å². The largest absolute Gasteiger partial charge is 0.387 e. The summed E-state index contributed by atoms with van der Waals surface area (Å²) in [5.41, 5.74) is 2.36. The van der Waals surface area contributed by atoms with Crippen LogP contribution in [-0.4, -0.2) is 30.1 Å². The van der Waals surface area contributed by atoms with Crippen molar-refractivity contribution in [1.82, 2.24) is 4.90 Å². The number of aliphatic hydroxyl groups excluding tert-OH is 1. The normalized spacial score (nSPS) is 12.8. The van der Waals surface area contributed by atoms with Crippen LogP contribution in [0.2, 0.25) is 0 Å². The Morgan fingerprint density at radius 2 is 2.00 bits per heavy atom. The third-order valence-electron chi connectivity index (χ3n) is 3.03. The smallest absolute Gasteiger partial charge is 0.0916 e. The molecule has 0 aliphatic heterocycles. The van der Waals surface area contributed by atoms with Crippen LogP contribution < -0.4 is 0 Å². The predicted octanol–water partition coefficient (Wildman–Crippen LogP) is 2.96. The molecule has 0 saturated carbocycles. The zero-order valence-corrected chi connectivity index (χ0v) is 11.4. The van der Waals surface area contributed by atoms with Crippen molar-refractivity contribution in [3.8, 4) is 0 Å². The van der Waals surface area contributed by atoms with E-state index in [4.69, 9.17) is 0 Å². The fraction of sp³-hybridized carbons (Fsp3) is 0.333. The maximum atomic E-state index is 10.1. The summed E-state index contributed by atoms with van der Waals surface area (Å²) >= 11 is 1.73. The quantitative estimate of drug-likeness (QED) is 0.864. The molecule has 96 valence electrons. The number of likely N-dealkylation sites (N-methyl/N-ethyl adjacent to an activating group) is 1. The second-order valence-corrected chi connectivity index (χ2v) is 5.35. The minimum absolute atomic E-state index is 0.404. The lowest BCUT2D eigenvalue weighted by Crippen LogP contribution is -2.26. The summed E-state index contributed by atoms with van der Waals surface area (Å²) in [6, 6.07) is 12.0. The Balaban J connectivity index is 1.78. The summed E-state index contributed by atoms with van der Waals surface area (Å²) < 4.78 is 0. The zero-order chi connectivity index (χ0) is 12.8. The molecular weight excluding hydrogens is 242 g/mol. The number of aliphatic hydroxyl groups is 1. The number of thiophene rings is 1. The number of hydrogen-bond acceptors (Lipinski definition) is 3. The Morgan fingerprint density at radius 1 is 1.22 bits per heavy atom. The molecule has 1 unspecified atom stereocenters. The van der Waals surface area contributed by atoms with E-state index in [0.29, 0.717) is 6.54 Å². The van der Waals surface area contributed by atoms with E-state index in [2.05, 4.69) is 28.8 Å². The fourth-order valence-corrected chi connectivity index (χ4v) is 2.63. The second kappa shape index (κ2) is 6.69. The average Bonchev–Trinajstić information content (AvgIpc) is 2.90. The van der Waals surface area contributed by atoms with Crippen molar-refractivity contribution >= 4 is 11.3 Å². The van der Waals surface area contributed by atoms with E-state index in [0.717, 1.165) is 18.5 Å². The summed E-state index contributed by atoms with van der Waals surface area (Å²) in [5.74, 6) is 0. The number of hydrogen-bond donors (Lipinski definition) is 1. The highest BCUT2D eigenvalue weighted by molar-refractivity contribution is 7.07. The Labute approximate surface area is 113 Å². The van der Waals surface area contributed by atoms with Crippen molar-refractivity contribution < 1.29 is 5.11 Å². The topological polar surface area (TPSA) is 23.5 Å². The molecule has 0 saturated heterocycles. The Hall–Kier alpha value is -1.16. The van der Waals surface area contributed by atoms with Gasteiger partial charge < -0.3 is 10.0 Å². The van der Waals surface area contributed by atoms with Crippen LogP contribution >= 0.6 is 11.3 Å². The molecule has 2 nitrogen and oxygen atoms in total. The highest BCUT2D eigenvalue weighted by Crippen LogP contribution is 2.13. The summed E-state index contributed by atoms with van der Waals surface area (Å²) in [4.78, 5) is 2.18. The molecule has 0 bridgehead atoms. The van der Waals surface area contributed by atoms with E-state index in [9.17, 15) is 5.11 Å². The van der Waals surface area contributed by atoms with Crippen molar-refractivity contribution in [2.45, 2.75) is 12.5 Å². The van der Waals surface area contributed by atoms with E-state index in [-0.39, 0.29) is 0 Å². The van der Waals surface area contributed by atoms with E-state index in [1.165, 1.54) is 5.56 Å². The van der Waals surface area contributed by atoms with E-state index < -0.39 is 6.10 Å². The van der Waals surface area contributed by atoms with Gasteiger partial charge in [-0.1, -0.05) is 30.3 Å². The first kappa shape index (κ1) is 13.3. The first-order valence-electron chi connectivity index (χ1n) is 6.18. The molecule has 0 spiro atoms. The van der Waals surface area contributed by atoms with Gasteiger partial charge in [-0.25, -0.2) is 0 Å². The van der Waals surface area contributed by atoms with Gasteiger partial charge >= 0.3 is 0 Å². The van der Waals surface area contributed by atoms with Gasteiger partial charge in [-0.15, -0.1) is 0 Å². The van der Waals surface area contributed by atoms with Crippen LogP contribution in [0.3, 0.4) is 0 Å². The molecule has 1 aromatic heterocycles. The molecule has 0 radical (unpaired) electrons. The Bertz CT molecular complexity index is 441. The van der Waals surface area contributed by atoms with Gasteiger partial charge in [0, 0.05) is 13.1 Å². The highest BCUT2D eigenvalue weighted by atomic mass is 32.1. The summed E-state index contributed by atoms with van der Waals surface area (Å²) in [7, 11) is 2.05. The number of rotatable bonds is 6. The molecule has 2 aromatic rings. The highest BCUT2D eigenvalue weighted by Gasteiger charge is 2.10. The van der Waals surface area contributed by atoms with Crippen LogP contribution in [0, 0.1) is 0 Å². The summed E-state index contributed by atoms with van der Waals surface area (Å²) in [6.07, 6.45) is 0.639. The lowest BCUT2D eigenvalue weighted by molar-refractivity contribution is 0.127. The molecule has 2 rings (SSSR count). The van der Waals surface area contributed by atoms with Gasteiger partial charge in [0.25, 0.3) is 0 Å². The van der Waals surface area contributed by atoms with Gasteiger partial charge in [0.05, 0.1) is 6.10 Å². The van der Waals surface area contributed by atoms with Gasteiger partial charge in [-0.2, -0.15) is 11.3 Å². The number of benzene rings is 1. The van der Waals surface area contributed by atoms with Gasteiger partial charge in [-0.3, -0.25) is 0 Å².